The predicted octanol–water partition coefficient (Wildman–Crippen LogP) is 4.38. The number of nitriles is 1. The lowest BCUT2D eigenvalue weighted by molar-refractivity contribution is -0.137. The zero-order valence-corrected chi connectivity index (χ0v) is 17.5. The van der Waals surface area contributed by atoms with E-state index in [4.69, 9.17) is 0 Å². The standard InChI is InChI=1S/C24H19F3N4O2/c1-14-5-6-19(30-23(33)15-3-2-4-18(8-15)24(25,26)27)9-21(14)17-7-16(10-28)22(29-11-17)31-12-20(32)13-31/h2-9,11,20,32H,12-13H2,1H3,(H,30,33). The maximum Gasteiger partial charge on any atom is 0.416 e. The van der Waals surface area contributed by atoms with E-state index in [2.05, 4.69) is 16.4 Å². The van der Waals surface area contributed by atoms with Crippen LogP contribution in [0.3, 0.4) is 0 Å². The second-order valence-corrected chi connectivity index (χ2v) is 7.83. The maximum atomic E-state index is 13.0. The molecule has 4 rings (SSSR count). The third kappa shape index (κ3) is 4.66. The summed E-state index contributed by atoms with van der Waals surface area (Å²) in [6.07, 6.45) is -3.36. The monoisotopic (exact) mass is 452 g/mol. The van der Waals surface area contributed by atoms with Gasteiger partial charge in [-0.2, -0.15) is 18.4 Å². The van der Waals surface area contributed by atoms with Crippen LogP contribution in [0.4, 0.5) is 24.7 Å². The van der Waals surface area contributed by atoms with Crippen molar-refractivity contribution in [2.45, 2.75) is 19.2 Å². The molecule has 0 unspecified atom stereocenters. The Hall–Kier alpha value is -3.90. The molecule has 1 amide bonds. The van der Waals surface area contributed by atoms with Gasteiger partial charge in [0.05, 0.1) is 17.2 Å². The number of β-amino-alcohol motifs (C(OH)–C–C–N with tert-alkyl or cyclic N) is 1. The van der Waals surface area contributed by atoms with E-state index < -0.39 is 23.8 Å². The molecule has 2 heterocycles. The van der Waals surface area contributed by atoms with Crippen molar-refractivity contribution in [3.05, 3.63) is 77.0 Å². The van der Waals surface area contributed by atoms with E-state index in [1.165, 1.54) is 12.1 Å². The average molecular weight is 452 g/mol. The first kappa shape index (κ1) is 22.3. The Balaban J connectivity index is 1.60. The van der Waals surface area contributed by atoms with Crippen LogP contribution in [0.5, 0.6) is 0 Å². The first-order valence-corrected chi connectivity index (χ1v) is 10.1. The van der Waals surface area contributed by atoms with Gasteiger partial charge in [-0.15, -0.1) is 0 Å². The van der Waals surface area contributed by atoms with Gasteiger partial charge in [0.1, 0.15) is 11.9 Å². The van der Waals surface area contributed by atoms with Crippen LogP contribution in [0.1, 0.15) is 27.0 Å². The van der Waals surface area contributed by atoms with Gasteiger partial charge < -0.3 is 15.3 Å². The lowest BCUT2D eigenvalue weighted by atomic mass is 9.99. The number of aliphatic hydroxyl groups excluding tert-OH is 1. The summed E-state index contributed by atoms with van der Waals surface area (Å²) >= 11 is 0. The average Bonchev–Trinajstić information content (AvgIpc) is 2.77. The van der Waals surface area contributed by atoms with E-state index in [1.54, 1.807) is 30.5 Å². The number of nitrogens with one attached hydrogen (secondary N) is 1. The minimum Gasteiger partial charge on any atom is -0.389 e. The van der Waals surface area contributed by atoms with Crippen LogP contribution in [0.25, 0.3) is 11.1 Å². The summed E-state index contributed by atoms with van der Waals surface area (Å²) in [6.45, 7) is 2.69. The summed E-state index contributed by atoms with van der Waals surface area (Å²) < 4.78 is 38.9. The highest BCUT2D eigenvalue weighted by molar-refractivity contribution is 6.04. The molecule has 0 atom stereocenters. The molecule has 0 aliphatic carbocycles. The van der Waals surface area contributed by atoms with E-state index in [0.717, 1.165) is 23.3 Å². The number of aromatic nitrogens is 1. The summed E-state index contributed by atoms with van der Waals surface area (Å²) in [5.41, 5.74) is 1.99. The van der Waals surface area contributed by atoms with Gasteiger partial charge in [-0.3, -0.25) is 4.79 Å². The van der Waals surface area contributed by atoms with Crippen LogP contribution >= 0.6 is 0 Å². The number of aliphatic hydroxyl groups is 1. The number of nitrogens with zero attached hydrogens (tertiary/aromatic N) is 3. The number of hydrogen-bond acceptors (Lipinski definition) is 5. The molecule has 1 aromatic heterocycles. The van der Waals surface area contributed by atoms with E-state index in [0.29, 0.717) is 35.7 Å². The molecule has 1 fully saturated rings. The number of anilines is 2. The number of pyridine rings is 1. The van der Waals surface area contributed by atoms with Crippen LogP contribution in [-0.4, -0.2) is 35.2 Å². The molecule has 0 spiro atoms. The number of hydrogen-bond donors (Lipinski definition) is 2. The number of amides is 1. The van der Waals surface area contributed by atoms with Crippen molar-refractivity contribution >= 4 is 17.4 Å². The van der Waals surface area contributed by atoms with Crippen molar-refractivity contribution in [1.29, 1.82) is 5.26 Å². The van der Waals surface area contributed by atoms with Crippen molar-refractivity contribution in [3.8, 4) is 17.2 Å². The van der Waals surface area contributed by atoms with Crippen LogP contribution in [-0.2, 0) is 6.18 Å². The van der Waals surface area contributed by atoms with Gasteiger partial charge in [-0.1, -0.05) is 12.1 Å². The van der Waals surface area contributed by atoms with Gasteiger partial charge >= 0.3 is 6.18 Å². The molecule has 2 aromatic carbocycles. The quantitative estimate of drug-likeness (QED) is 0.613. The summed E-state index contributed by atoms with van der Waals surface area (Å²) in [7, 11) is 0. The number of carbonyl (C=O) groups is 1. The minimum absolute atomic E-state index is 0.110. The smallest absolute Gasteiger partial charge is 0.389 e. The molecule has 168 valence electrons. The number of carbonyl (C=O) groups excluding carboxylic acids is 1. The predicted molar refractivity (Wildman–Crippen MR) is 117 cm³/mol. The molecule has 1 aliphatic rings. The highest BCUT2D eigenvalue weighted by Crippen LogP contribution is 2.32. The van der Waals surface area contributed by atoms with Gasteiger partial charge in [0, 0.05) is 36.1 Å². The first-order chi connectivity index (χ1) is 15.7. The molecule has 6 nitrogen and oxygen atoms in total. The molecular formula is C24H19F3N4O2. The van der Waals surface area contributed by atoms with Crippen LogP contribution < -0.4 is 10.2 Å². The van der Waals surface area contributed by atoms with Crippen LogP contribution in [0.2, 0.25) is 0 Å². The Labute approximate surface area is 187 Å². The summed E-state index contributed by atoms with van der Waals surface area (Å²) in [5.74, 6) is -0.170. The number of halogens is 3. The van der Waals surface area contributed by atoms with Crippen molar-refractivity contribution in [1.82, 2.24) is 4.98 Å². The number of benzene rings is 2. The lowest BCUT2D eigenvalue weighted by Gasteiger charge is -2.37. The fraction of sp³-hybridized carbons (Fsp3) is 0.208. The van der Waals surface area contributed by atoms with Gasteiger partial charge in [0.15, 0.2) is 0 Å². The van der Waals surface area contributed by atoms with Gasteiger partial charge in [0.25, 0.3) is 5.91 Å². The zero-order valence-electron chi connectivity index (χ0n) is 17.5. The highest BCUT2D eigenvalue weighted by atomic mass is 19.4. The molecule has 0 radical (unpaired) electrons. The van der Waals surface area contributed by atoms with Crippen molar-refractivity contribution < 1.29 is 23.1 Å². The molecule has 9 heteroatoms. The van der Waals surface area contributed by atoms with Crippen molar-refractivity contribution in [2.75, 3.05) is 23.3 Å². The first-order valence-electron chi connectivity index (χ1n) is 10.1. The molecule has 33 heavy (non-hydrogen) atoms. The van der Waals surface area contributed by atoms with Gasteiger partial charge in [-0.25, -0.2) is 4.98 Å². The lowest BCUT2D eigenvalue weighted by Crippen LogP contribution is -2.51. The Morgan fingerprint density at radius 2 is 1.97 bits per heavy atom. The SMILES string of the molecule is Cc1ccc(NC(=O)c2cccc(C(F)(F)F)c2)cc1-c1cnc(N2CC(O)C2)c(C#N)c1. The van der Waals surface area contributed by atoms with E-state index in [-0.39, 0.29) is 5.56 Å². The fourth-order valence-corrected chi connectivity index (χ4v) is 3.62. The summed E-state index contributed by atoms with van der Waals surface area (Å²) in [4.78, 5) is 18.8. The topological polar surface area (TPSA) is 89.2 Å². The molecule has 2 N–H and O–H groups in total. The minimum atomic E-state index is -4.54. The fourth-order valence-electron chi connectivity index (χ4n) is 3.62. The third-order valence-electron chi connectivity index (χ3n) is 5.41. The number of alkyl halides is 3. The van der Waals surface area contributed by atoms with Gasteiger partial charge in [0.2, 0.25) is 0 Å². The van der Waals surface area contributed by atoms with Crippen molar-refractivity contribution in [3.63, 3.8) is 0 Å². The summed E-state index contributed by atoms with van der Waals surface area (Å²) in [5, 5.41) is 21.7. The van der Waals surface area contributed by atoms with E-state index >= 15 is 0 Å². The molecule has 0 bridgehead atoms. The Kier molecular flexibility index (Phi) is 5.78. The molecule has 1 saturated heterocycles. The molecular weight excluding hydrogens is 433 g/mol. The normalized spacial score (nSPS) is 13.9. The second kappa shape index (κ2) is 8.56. The largest absolute Gasteiger partial charge is 0.416 e. The molecule has 0 saturated carbocycles. The van der Waals surface area contributed by atoms with Gasteiger partial charge in [-0.05, 0) is 54.4 Å². The number of aryl methyl sites for hydroxylation is 1. The maximum absolute atomic E-state index is 13.0. The van der Waals surface area contributed by atoms with E-state index in [1.807, 2.05) is 11.8 Å². The Bertz CT molecular complexity index is 1260. The Morgan fingerprint density at radius 1 is 1.21 bits per heavy atom. The third-order valence-corrected chi connectivity index (χ3v) is 5.41. The van der Waals surface area contributed by atoms with Crippen LogP contribution in [0.15, 0.2) is 54.7 Å². The number of rotatable bonds is 4. The second-order valence-electron chi connectivity index (χ2n) is 7.83. The summed E-state index contributed by atoms with van der Waals surface area (Å²) in [6, 6.07) is 13.1. The van der Waals surface area contributed by atoms with E-state index in [9.17, 15) is 28.3 Å². The zero-order chi connectivity index (χ0) is 23.8. The van der Waals surface area contributed by atoms with Crippen molar-refractivity contribution in [2.24, 2.45) is 0 Å². The Morgan fingerprint density at radius 3 is 2.64 bits per heavy atom. The highest BCUT2D eigenvalue weighted by Gasteiger charge is 2.31. The molecule has 1 aliphatic heterocycles. The van der Waals surface area contributed by atoms with Crippen LogP contribution in [0, 0.1) is 18.3 Å². The molecule has 3 aromatic rings.